The summed E-state index contributed by atoms with van der Waals surface area (Å²) in [5, 5.41) is 0. The van der Waals surface area contributed by atoms with Crippen LogP contribution >= 0.6 is 12.6 Å². The molecule has 0 aliphatic heterocycles. The molecular weight excluding hydrogens is 130 g/mol. The van der Waals surface area contributed by atoms with Gasteiger partial charge in [-0.15, -0.1) is 0 Å². The van der Waals surface area contributed by atoms with Crippen LogP contribution in [0.15, 0.2) is 12.2 Å². The summed E-state index contributed by atoms with van der Waals surface area (Å²) < 4.78 is 0. The van der Waals surface area contributed by atoms with Crippen molar-refractivity contribution in [2.24, 2.45) is 11.7 Å². The van der Waals surface area contributed by atoms with Crippen molar-refractivity contribution in [2.45, 2.75) is 19.9 Å². The second-order valence-electron chi connectivity index (χ2n) is 2.53. The van der Waals surface area contributed by atoms with E-state index in [1.165, 1.54) is 0 Å². The largest absolute Gasteiger partial charge is 0.324 e. The molecule has 0 aliphatic carbocycles. The van der Waals surface area contributed by atoms with Crippen LogP contribution in [-0.4, -0.2) is 11.8 Å². The first-order chi connectivity index (χ1) is 4.09. The molecule has 54 valence electrons. The highest BCUT2D eigenvalue weighted by atomic mass is 32.1. The van der Waals surface area contributed by atoms with Crippen LogP contribution in [0, 0.1) is 5.92 Å². The maximum absolute atomic E-state index is 5.72. The van der Waals surface area contributed by atoms with Crippen molar-refractivity contribution in [3.8, 4) is 0 Å². The van der Waals surface area contributed by atoms with Crippen LogP contribution in [-0.2, 0) is 0 Å². The average molecular weight is 145 g/mol. The highest BCUT2D eigenvalue weighted by Gasteiger charge is 2.10. The minimum absolute atomic E-state index is 0.113. The highest BCUT2D eigenvalue weighted by molar-refractivity contribution is 7.80. The molecule has 0 spiro atoms. The van der Waals surface area contributed by atoms with Gasteiger partial charge in [-0.05, 0) is 18.6 Å². The fraction of sp³-hybridized carbons (Fsp3) is 0.714. The van der Waals surface area contributed by atoms with Gasteiger partial charge in [0.05, 0.1) is 0 Å². The zero-order valence-corrected chi connectivity index (χ0v) is 6.99. The van der Waals surface area contributed by atoms with Gasteiger partial charge in [0, 0.05) is 6.04 Å². The summed E-state index contributed by atoms with van der Waals surface area (Å²) in [6.07, 6.45) is 0. The van der Waals surface area contributed by atoms with Crippen molar-refractivity contribution < 1.29 is 0 Å². The van der Waals surface area contributed by atoms with Crippen LogP contribution in [0.3, 0.4) is 0 Å². The molecule has 2 N–H and O–H groups in total. The number of nitrogens with two attached hydrogens (primary N) is 1. The second kappa shape index (κ2) is 3.96. The molecule has 2 unspecified atom stereocenters. The summed E-state index contributed by atoms with van der Waals surface area (Å²) in [5.41, 5.74) is 6.76. The lowest BCUT2D eigenvalue weighted by Gasteiger charge is -2.17. The quantitative estimate of drug-likeness (QED) is 0.456. The Labute approximate surface area is 62.7 Å². The Bertz CT molecular complexity index is 101. The maximum Gasteiger partial charge on any atom is 0.0282 e. The Balaban J connectivity index is 3.72. The molecule has 0 radical (unpaired) electrons. The molecule has 0 aromatic heterocycles. The third-order valence-corrected chi connectivity index (χ3v) is 2.05. The molecule has 0 saturated carbocycles. The molecule has 2 atom stereocenters. The van der Waals surface area contributed by atoms with Gasteiger partial charge >= 0.3 is 0 Å². The first-order valence-electron chi connectivity index (χ1n) is 3.11. The van der Waals surface area contributed by atoms with Crippen LogP contribution < -0.4 is 5.73 Å². The third kappa shape index (κ3) is 2.92. The Morgan fingerprint density at radius 3 is 2.33 bits per heavy atom. The summed E-state index contributed by atoms with van der Waals surface area (Å²) >= 11 is 4.13. The molecule has 0 amide bonds. The second-order valence-corrected chi connectivity index (χ2v) is 2.90. The molecule has 0 bridgehead atoms. The van der Waals surface area contributed by atoms with Crippen molar-refractivity contribution in [2.75, 3.05) is 5.75 Å². The minimum atomic E-state index is 0.113. The van der Waals surface area contributed by atoms with E-state index in [0.717, 1.165) is 11.3 Å². The lowest BCUT2D eigenvalue weighted by molar-refractivity contribution is 0.559. The fourth-order valence-electron chi connectivity index (χ4n) is 0.599. The molecule has 0 rings (SSSR count). The van der Waals surface area contributed by atoms with Crippen molar-refractivity contribution in [1.82, 2.24) is 0 Å². The van der Waals surface area contributed by atoms with Gasteiger partial charge in [0.2, 0.25) is 0 Å². The normalized spacial score (nSPS) is 16.9. The molecule has 1 nitrogen and oxygen atoms in total. The smallest absolute Gasteiger partial charge is 0.0282 e. The zero-order valence-electron chi connectivity index (χ0n) is 6.09. The molecular formula is C7H15NS. The Hall–Kier alpha value is 0.0500. The van der Waals surface area contributed by atoms with E-state index in [9.17, 15) is 0 Å². The van der Waals surface area contributed by atoms with Crippen LogP contribution in [0.2, 0.25) is 0 Å². The van der Waals surface area contributed by atoms with Crippen LogP contribution in [0.1, 0.15) is 13.8 Å². The molecule has 0 aromatic carbocycles. The lowest BCUT2D eigenvalue weighted by Crippen LogP contribution is -2.29. The lowest BCUT2D eigenvalue weighted by atomic mass is 9.99. The van der Waals surface area contributed by atoms with E-state index in [-0.39, 0.29) is 6.04 Å². The van der Waals surface area contributed by atoms with Gasteiger partial charge in [0.1, 0.15) is 0 Å². The molecule has 9 heavy (non-hydrogen) atoms. The van der Waals surface area contributed by atoms with Gasteiger partial charge < -0.3 is 5.73 Å². The monoisotopic (exact) mass is 145 g/mol. The summed E-state index contributed by atoms with van der Waals surface area (Å²) in [6, 6.07) is 0.113. The predicted octanol–water partition coefficient (Wildman–Crippen LogP) is 1.46. The van der Waals surface area contributed by atoms with Gasteiger partial charge in [0.15, 0.2) is 0 Å². The molecule has 0 aliphatic rings. The first kappa shape index (κ1) is 9.05. The summed E-state index contributed by atoms with van der Waals surface area (Å²) in [6.45, 7) is 7.79. The van der Waals surface area contributed by atoms with Gasteiger partial charge in [0.25, 0.3) is 0 Å². The van der Waals surface area contributed by atoms with E-state index in [0.29, 0.717) is 5.92 Å². The average Bonchev–Trinajstić information content (AvgIpc) is 1.84. The number of thiol groups is 1. The fourth-order valence-corrected chi connectivity index (χ4v) is 0.826. The summed E-state index contributed by atoms with van der Waals surface area (Å²) in [7, 11) is 0. The van der Waals surface area contributed by atoms with Gasteiger partial charge in [-0.3, -0.25) is 0 Å². The Kier molecular flexibility index (Phi) is 3.98. The topological polar surface area (TPSA) is 26.0 Å². The standard InChI is InChI=1S/C7H15NS/c1-5(2)7(8)6(3)4-9/h6-7,9H,1,4,8H2,2-3H3. The molecule has 0 heterocycles. The van der Waals surface area contributed by atoms with E-state index < -0.39 is 0 Å². The van der Waals surface area contributed by atoms with E-state index >= 15 is 0 Å². The van der Waals surface area contributed by atoms with Crippen LogP contribution in [0.4, 0.5) is 0 Å². The van der Waals surface area contributed by atoms with E-state index in [1.807, 2.05) is 6.92 Å². The highest BCUT2D eigenvalue weighted by Crippen LogP contribution is 2.08. The first-order valence-corrected chi connectivity index (χ1v) is 3.74. The Morgan fingerprint density at radius 1 is 1.78 bits per heavy atom. The number of hydrogen-bond acceptors (Lipinski definition) is 2. The molecule has 2 heteroatoms. The SMILES string of the molecule is C=C(C)C(N)C(C)CS. The minimum Gasteiger partial charge on any atom is -0.324 e. The van der Waals surface area contributed by atoms with Gasteiger partial charge in [-0.2, -0.15) is 12.6 Å². The van der Waals surface area contributed by atoms with Crippen molar-refractivity contribution in [3.05, 3.63) is 12.2 Å². The van der Waals surface area contributed by atoms with E-state index in [4.69, 9.17) is 5.73 Å². The van der Waals surface area contributed by atoms with Crippen molar-refractivity contribution in [3.63, 3.8) is 0 Å². The third-order valence-electron chi connectivity index (χ3n) is 1.47. The van der Waals surface area contributed by atoms with Crippen LogP contribution in [0.5, 0.6) is 0 Å². The molecule has 0 saturated heterocycles. The predicted molar refractivity (Wildman–Crippen MR) is 45.8 cm³/mol. The van der Waals surface area contributed by atoms with Crippen molar-refractivity contribution in [1.29, 1.82) is 0 Å². The van der Waals surface area contributed by atoms with Gasteiger partial charge in [-0.25, -0.2) is 0 Å². The Morgan fingerprint density at radius 2 is 2.22 bits per heavy atom. The maximum atomic E-state index is 5.72. The van der Waals surface area contributed by atoms with Crippen LogP contribution in [0.25, 0.3) is 0 Å². The molecule has 0 fully saturated rings. The zero-order chi connectivity index (χ0) is 7.44. The molecule has 0 aromatic rings. The van der Waals surface area contributed by atoms with Gasteiger partial charge in [-0.1, -0.05) is 19.1 Å². The van der Waals surface area contributed by atoms with E-state index in [2.05, 4.69) is 26.1 Å². The summed E-state index contributed by atoms with van der Waals surface area (Å²) in [5.74, 6) is 1.26. The number of rotatable bonds is 3. The number of hydrogen-bond donors (Lipinski definition) is 2. The van der Waals surface area contributed by atoms with E-state index in [1.54, 1.807) is 0 Å². The van der Waals surface area contributed by atoms with Crippen molar-refractivity contribution >= 4 is 12.6 Å². The summed E-state index contributed by atoms with van der Waals surface area (Å²) in [4.78, 5) is 0.